The van der Waals surface area contributed by atoms with Crippen molar-refractivity contribution >= 4 is 11.5 Å². The molecule has 21 heavy (non-hydrogen) atoms. The fourth-order valence-corrected chi connectivity index (χ4v) is 2.46. The number of aromatic nitrogens is 3. The smallest absolute Gasteiger partial charge is 0.265 e. The summed E-state index contributed by atoms with van der Waals surface area (Å²) < 4.78 is 7.67. The monoisotopic (exact) mass is 282 g/mol. The molecule has 0 aliphatic carbocycles. The predicted molar refractivity (Wildman–Crippen MR) is 82.7 cm³/mol. The van der Waals surface area contributed by atoms with Gasteiger partial charge in [0.15, 0.2) is 0 Å². The van der Waals surface area contributed by atoms with Gasteiger partial charge in [-0.25, -0.2) is 4.98 Å². The first-order valence-electron chi connectivity index (χ1n) is 6.92. The zero-order chi connectivity index (χ0) is 15.0. The second kappa shape index (κ2) is 5.09. The van der Waals surface area contributed by atoms with Gasteiger partial charge in [0.25, 0.3) is 5.88 Å². The molecular weight excluding hydrogens is 264 g/mol. The van der Waals surface area contributed by atoms with Crippen molar-refractivity contribution in [2.45, 2.75) is 26.7 Å². The zero-order valence-corrected chi connectivity index (χ0v) is 12.4. The summed E-state index contributed by atoms with van der Waals surface area (Å²) >= 11 is 0. The molecule has 2 N–H and O–H groups in total. The maximum absolute atomic E-state index is 5.87. The van der Waals surface area contributed by atoms with Gasteiger partial charge in [-0.15, -0.1) is 0 Å². The number of rotatable bonds is 3. The van der Waals surface area contributed by atoms with Gasteiger partial charge in [0.1, 0.15) is 11.6 Å². The topological polar surface area (TPSA) is 65.4 Å². The number of imidazole rings is 1. The fraction of sp³-hybridized carbons (Fsp3) is 0.250. The summed E-state index contributed by atoms with van der Waals surface area (Å²) in [7, 11) is 0. The van der Waals surface area contributed by atoms with Crippen LogP contribution in [0.4, 0.5) is 5.82 Å². The number of nitrogens with two attached hydrogens (primary N) is 1. The Bertz CT molecular complexity index is 792. The number of hydrogen-bond donors (Lipinski definition) is 1. The van der Waals surface area contributed by atoms with Gasteiger partial charge in [0, 0.05) is 12.4 Å². The number of ether oxygens (including phenoxy) is 1. The van der Waals surface area contributed by atoms with Crippen LogP contribution in [0.3, 0.4) is 0 Å². The Hall–Kier alpha value is -2.56. The third-order valence-electron chi connectivity index (χ3n) is 3.44. The molecule has 0 saturated heterocycles. The molecule has 0 aliphatic heterocycles. The first kappa shape index (κ1) is 13.4. The molecule has 0 unspecified atom stereocenters. The Balaban J connectivity index is 1.99. The van der Waals surface area contributed by atoms with Gasteiger partial charge in [-0.1, -0.05) is 19.9 Å². The number of hydrogen-bond acceptors (Lipinski definition) is 4. The predicted octanol–water partition coefficient (Wildman–Crippen LogP) is 3.54. The lowest BCUT2D eigenvalue weighted by molar-refractivity contribution is 0.465. The van der Waals surface area contributed by atoms with E-state index in [4.69, 9.17) is 10.5 Å². The van der Waals surface area contributed by atoms with E-state index in [1.807, 2.05) is 18.3 Å². The summed E-state index contributed by atoms with van der Waals surface area (Å²) in [6.45, 7) is 6.44. The van der Waals surface area contributed by atoms with E-state index in [0.29, 0.717) is 23.3 Å². The molecular formula is C16H18N4O. The molecule has 2 heterocycles. The Morgan fingerprint density at radius 3 is 2.81 bits per heavy atom. The SMILES string of the molecule is Cc1cc(Oc2nc(N)cn3ccnc23)ccc1C(C)C. The van der Waals surface area contributed by atoms with E-state index in [1.165, 1.54) is 11.1 Å². The summed E-state index contributed by atoms with van der Waals surface area (Å²) in [6, 6.07) is 6.05. The molecule has 0 aliphatic rings. The summed E-state index contributed by atoms with van der Waals surface area (Å²) in [5.74, 6) is 2.03. The quantitative estimate of drug-likeness (QED) is 0.798. The molecule has 0 fully saturated rings. The molecule has 0 spiro atoms. The molecule has 0 amide bonds. The van der Waals surface area contributed by atoms with Gasteiger partial charge in [-0.2, -0.15) is 4.98 Å². The van der Waals surface area contributed by atoms with Crippen molar-refractivity contribution in [2.24, 2.45) is 0 Å². The summed E-state index contributed by atoms with van der Waals surface area (Å²) in [6.07, 6.45) is 5.21. The van der Waals surface area contributed by atoms with Gasteiger partial charge in [0.2, 0.25) is 5.65 Å². The lowest BCUT2D eigenvalue weighted by Crippen LogP contribution is -1.99. The van der Waals surface area contributed by atoms with Gasteiger partial charge in [-0.05, 0) is 36.1 Å². The lowest BCUT2D eigenvalue weighted by Gasteiger charge is -2.12. The van der Waals surface area contributed by atoms with E-state index >= 15 is 0 Å². The van der Waals surface area contributed by atoms with Crippen LogP contribution in [0.5, 0.6) is 11.6 Å². The number of fused-ring (bicyclic) bond motifs is 1. The largest absolute Gasteiger partial charge is 0.436 e. The van der Waals surface area contributed by atoms with E-state index in [0.717, 1.165) is 5.75 Å². The van der Waals surface area contributed by atoms with E-state index in [1.54, 1.807) is 16.8 Å². The van der Waals surface area contributed by atoms with Crippen LogP contribution >= 0.6 is 0 Å². The minimum absolute atomic E-state index is 0.394. The summed E-state index contributed by atoms with van der Waals surface area (Å²) in [4.78, 5) is 8.47. The van der Waals surface area contributed by atoms with Crippen LogP contribution in [0, 0.1) is 6.92 Å². The fourth-order valence-electron chi connectivity index (χ4n) is 2.46. The van der Waals surface area contributed by atoms with Crippen molar-refractivity contribution in [3.8, 4) is 11.6 Å². The maximum atomic E-state index is 5.87. The maximum Gasteiger partial charge on any atom is 0.265 e. The zero-order valence-electron chi connectivity index (χ0n) is 12.4. The average molecular weight is 282 g/mol. The molecule has 3 rings (SSSR count). The minimum atomic E-state index is 0.394. The van der Waals surface area contributed by atoms with Crippen LogP contribution in [-0.2, 0) is 0 Å². The van der Waals surface area contributed by atoms with Gasteiger partial charge in [-0.3, -0.25) is 4.40 Å². The van der Waals surface area contributed by atoms with Crippen molar-refractivity contribution in [3.63, 3.8) is 0 Å². The number of benzene rings is 1. The molecule has 0 radical (unpaired) electrons. The molecule has 2 aromatic heterocycles. The third-order valence-corrected chi connectivity index (χ3v) is 3.44. The van der Waals surface area contributed by atoms with E-state index in [9.17, 15) is 0 Å². The van der Waals surface area contributed by atoms with Crippen molar-refractivity contribution in [1.82, 2.24) is 14.4 Å². The van der Waals surface area contributed by atoms with Crippen molar-refractivity contribution in [3.05, 3.63) is 47.9 Å². The second-order valence-corrected chi connectivity index (χ2v) is 5.40. The molecule has 0 saturated carbocycles. The highest BCUT2D eigenvalue weighted by atomic mass is 16.5. The van der Waals surface area contributed by atoms with Crippen LogP contribution < -0.4 is 10.5 Å². The molecule has 0 bridgehead atoms. The van der Waals surface area contributed by atoms with Crippen molar-refractivity contribution in [2.75, 3.05) is 5.73 Å². The second-order valence-electron chi connectivity index (χ2n) is 5.40. The molecule has 0 atom stereocenters. The van der Waals surface area contributed by atoms with Gasteiger partial charge in [0.05, 0.1) is 6.20 Å². The first-order chi connectivity index (χ1) is 10.0. The van der Waals surface area contributed by atoms with Crippen LogP contribution in [0.15, 0.2) is 36.8 Å². The number of nitrogen functional groups attached to an aromatic ring is 1. The molecule has 5 heteroatoms. The Morgan fingerprint density at radius 1 is 1.29 bits per heavy atom. The highest BCUT2D eigenvalue weighted by Crippen LogP contribution is 2.28. The molecule has 3 aromatic rings. The number of anilines is 1. The Labute approximate surface area is 123 Å². The van der Waals surface area contributed by atoms with Crippen LogP contribution in [0.2, 0.25) is 0 Å². The molecule has 1 aromatic carbocycles. The standard InChI is InChI=1S/C16H18N4O/c1-10(2)13-5-4-12(8-11(13)3)21-16-15-18-6-7-20(15)9-14(17)19-16/h4-10H,17H2,1-3H3. The van der Waals surface area contributed by atoms with Gasteiger partial charge < -0.3 is 10.5 Å². The van der Waals surface area contributed by atoms with Crippen LogP contribution in [0.1, 0.15) is 30.9 Å². The molecule has 108 valence electrons. The summed E-state index contributed by atoms with van der Waals surface area (Å²) in [5.41, 5.74) is 8.95. The highest BCUT2D eigenvalue weighted by molar-refractivity contribution is 5.54. The average Bonchev–Trinajstić information content (AvgIpc) is 2.86. The highest BCUT2D eigenvalue weighted by Gasteiger charge is 2.10. The number of nitrogens with zero attached hydrogens (tertiary/aromatic N) is 3. The normalized spacial score (nSPS) is 11.2. The molecule has 5 nitrogen and oxygen atoms in total. The lowest BCUT2D eigenvalue weighted by atomic mass is 9.98. The number of aryl methyl sites for hydroxylation is 1. The van der Waals surface area contributed by atoms with Crippen molar-refractivity contribution in [1.29, 1.82) is 0 Å². The Morgan fingerprint density at radius 2 is 2.10 bits per heavy atom. The first-order valence-corrected chi connectivity index (χ1v) is 6.92. The third kappa shape index (κ3) is 2.54. The van der Waals surface area contributed by atoms with E-state index in [-0.39, 0.29) is 0 Å². The van der Waals surface area contributed by atoms with Crippen LogP contribution in [0.25, 0.3) is 5.65 Å². The minimum Gasteiger partial charge on any atom is -0.436 e. The van der Waals surface area contributed by atoms with Crippen LogP contribution in [-0.4, -0.2) is 14.4 Å². The summed E-state index contributed by atoms with van der Waals surface area (Å²) in [5, 5.41) is 0. The Kier molecular flexibility index (Phi) is 3.25. The van der Waals surface area contributed by atoms with E-state index in [2.05, 4.69) is 36.8 Å². The van der Waals surface area contributed by atoms with Crippen molar-refractivity contribution < 1.29 is 4.74 Å². The van der Waals surface area contributed by atoms with E-state index < -0.39 is 0 Å². The van der Waals surface area contributed by atoms with Gasteiger partial charge >= 0.3 is 0 Å².